The Labute approximate surface area is 159 Å². The maximum absolute atomic E-state index is 5.84. The topological polar surface area (TPSA) is 68.7 Å². The number of aromatic nitrogens is 2. The van der Waals surface area contributed by atoms with Crippen LogP contribution in [0.3, 0.4) is 0 Å². The van der Waals surface area contributed by atoms with Crippen molar-refractivity contribution in [3.8, 4) is 17.4 Å². The first-order valence-corrected chi connectivity index (χ1v) is 9.63. The lowest BCUT2D eigenvalue weighted by molar-refractivity contribution is 0.210. The van der Waals surface area contributed by atoms with E-state index < -0.39 is 0 Å². The zero-order chi connectivity index (χ0) is 18.3. The second-order valence-electron chi connectivity index (χ2n) is 6.85. The van der Waals surface area contributed by atoms with Crippen molar-refractivity contribution in [1.82, 2.24) is 15.3 Å². The molecule has 1 aromatic heterocycles. The van der Waals surface area contributed by atoms with Crippen LogP contribution in [0, 0.1) is 5.92 Å². The van der Waals surface area contributed by atoms with Gasteiger partial charge in [-0.25, -0.2) is 9.97 Å². The first-order chi connectivity index (χ1) is 13.4. The Morgan fingerprint density at radius 2 is 1.70 bits per heavy atom. The molecule has 7 heteroatoms. The van der Waals surface area contributed by atoms with Crippen LogP contribution in [0.1, 0.15) is 12.8 Å². The molecular formula is C20H26N4O3. The predicted molar refractivity (Wildman–Crippen MR) is 103 cm³/mol. The molecule has 1 aromatic carbocycles. The molecule has 0 spiro atoms. The van der Waals surface area contributed by atoms with Gasteiger partial charge in [-0.1, -0.05) is 6.07 Å². The molecule has 7 nitrogen and oxygen atoms in total. The van der Waals surface area contributed by atoms with Crippen molar-refractivity contribution in [2.24, 2.45) is 5.92 Å². The van der Waals surface area contributed by atoms with E-state index >= 15 is 0 Å². The number of benzene rings is 1. The van der Waals surface area contributed by atoms with Gasteiger partial charge in [-0.2, -0.15) is 0 Å². The summed E-state index contributed by atoms with van der Waals surface area (Å²) in [7, 11) is 0. The second-order valence-corrected chi connectivity index (χ2v) is 6.85. The summed E-state index contributed by atoms with van der Waals surface area (Å²) in [6.07, 6.45) is 5.92. The Bertz CT molecular complexity index is 733. The lowest BCUT2D eigenvalue weighted by Crippen LogP contribution is -2.44. The highest BCUT2D eigenvalue weighted by Gasteiger charge is 2.22. The van der Waals surface area contributed by atoms with Gasteiger partial charge in [-0.15, -0.1) is 0 Å². The van der Waals surface area contributed by atoms with Gasteiger partial charge in [0, 0.05) is 44.6 Å². The van der Waals surface area contributed by atoms with Crippen molar-refractivity contribution < 1.29 is 14.2 Å². The largest absolute Gasteiger partial charge is 0.493 e. The fraction of sp³-hybridized carbons (Fsp3) is 0.500. The first-order valence-electron chi connectivity index (χ1n) is 9.63. The minimum Gasteiger partial charge on any atom is -0.493 e. The number of rotatable bonds is 9. The molecule has 2 aromatic rings. The van der Waals surface area contributed by atoms with E-state index in [0.29, 0.717) is 19.1 Å². The van der Waals surface area contributed by atoms with E-state index in [1.807, 2.05) is 24.3 Å². The summed E-state index contributed by atoms with van der Waals surface area (Å²) in [5, 5.41) is 3.34. The number of hydrogen-bond donors (Lipinski definition) is 1. The zero-order valence-electron chi connectivity index (χ0n) is 15.5. The minimum atomic E-state index is 0.408. The molecule has 0 amide bonds. The molecule has 2 fully saturated rings. The van der Waals surface area contributed by atoms with Crippen molar-refractivity contribution in [3.05, 3.63) is 36.7 Å². The highest BCUT2D eigenvalue weighted by molar-refractivity contribution is 5.48. The summed E-state index contributed by atoms with van der Waals surface area (Å²) >= 11 is 0. The van der Waals surface area contributed by atoms with Crippen LogP contribution in [0.15, 0.2) is 36.7 Å². The molecule has 1 saturated carbocycles. The number of ether oxygens (including phenoxy) is 3. The Morgan fingerprint density at radius 1 is 0.963 bits per heavy atom. The average Bonchev–Trinajstić information content (AvgIpc) is 3.56. The van der Waals surface area contributed by atoms with Gasteiger partial charge in [0.15, 0.2) is 5.82 Å². The maximum atomic E-state index is 5.84. The Morgan fingerprint density at radius 3 is 2.52 bits per heavy atom. The van der Waals surface area contributed by atoms with E-state index in [0.717, 1.165) is 56.0 Å². The smallest absolute Gasteiger partial charge is 0.257 e. The summed E-state index contributed by atoms with van der Waals surface area (Å²) in [5.41, 5.74) is 0. The Hall–Kier alpha value is -2.54. The van der Waals surface area contributed by atoms with Crippen LogP contribution in [0.5, 0.6) is 17.4 Å². The minimum absolute atomic E-state index is 0.408. The molecule has 2 aliphatic rings. The molecule has 0 bridgehead atoms. The van der Waals surface area contributed by atoms with E-state index in [1.165, 1.54) is 12.8 Å². The van der Waals surface area contributed by atoms with Gasteiger partial charge < -0.3 is 24.4 Å². The van der Waals surface area contributed by atoms with Crippen LogP contribution in [0.25, 0.3) is 0 Å². The van der Waals surface area contributed by atoms with Gasteiger partial charge in [-0.3, -0.25) is 0 Å². The van der Waals surface area contributed by atoms with Gasteiger partial charge in [0.2, 0.25) is 0 Å². The quantitative estimate of drug-likeness (QED) is 0.678. The highest BCUT2D eigenvalue weighted by atomic mass is 16.5. The lowest BCUT2D eigenvalue weighted by Gasteiger charge is -2.28. The third-order valence-corrected chi connectivity index (χ3v) is 4.64. The standard InChI is InChI=1S/C20H26N4O3/c1-2-17(14-18(3-1)27-15-16-4-5-16)25-12-13-26-20-19(22-6-7-23-20)24-10-8-21-9-11-24/h1-3,6-7,14,16,21H,4-5,8-13,15H2. The van der Waals surface area contributed by atoms with Crippen LogP contribution in [-0.4, -0.2) is 56.0 Å². The molecule has 0 radical (unpaired) electrons. The number of nitrogens with one attached hydrogen (secondary N) is 1. The van der Waals surface area contributed by atoms with Crippen molar-refractivity contribution in [2.75, 3.05) is 50.9 Å². The molecular weight excluding hydrogens is 344 g/mol. The molecule has 0 unspecified atom stereocenters. The second kappa shape index (κ2) is 8.90. The van der Waals surface area contributed by atoms with Crippen LogP contribution in [0.2, 0.25) is 0 Å². The SMILES string of the molecule is c1cc(OCCOc2nccnc2N2CCNCC2)cc(OCC2CC2)c1. The van der Waals surface area contributed by atoms with E-state index in [-0.39, 0.29) is 0 Å². The summed E-state index contributed by atoms with van der Waals surface area (Å²) < 4.78 is 17.4. The first kappa shape index (κ1) is 17.9. The zero-order valence-corrected chi connectivity index (χ0v) is 15.5. The van der Waals surface area contributed by atoms with Crippen molar-refractivity contribution >= 4 is 5.82 Å². The van der Waals surface area contributed by atoms with Crippen molar-refractivity contribution in [1.29, 1.82) is 0 Å². The Balaban J connectivity index is 1.26. The van der Waals surface area contributed by atoms with Crippen LogP contribution >= 0.6 is 0 Å². The molecule has 4 rings (SSSR count). The van der Waals surface area contributed by atoms with Crippen molar-refractivity contribution in [3.63, 3.8) is 0 Å². The molecule has 1 N–H and O–H groups in total. The van der Waals surface area contributed by atoms with Gasteiger partial charge in [0.25, 0.3) is 5.88 Å². The third-order valence-electron chi connectivity index (χ3n) is 4.64. The summed E-state index contributed by atoms with van der Waals surface area (Å²) in [6.45, 7) is 5.33. The highest BCUT2D eigenvalue weighted by Crippen LogP contribution is 2.30. The molecule has 0 atom stereocenters. The molecule has 1 aliphatic heterocycles. The van der Waals surface area contributed by atoms with Gasteiger partial charge in [0.05, 0.1) is 6.61 Å². The number of hydrogen-bond acceptors (Lipinski definition) is 7. The van der Waals surface area contributed by atoms with Gasteiger partial charge in [0.1, 0.15) is 24.7 Å². The van der Waals surface area contributed by atoms with Crippen LogP contribution < -0.4 is 24.4 Å². The lowest BCUT2D eigenvalue weighted by atomic mass is 10.3. The summed E-state index contributed by atoms with van der Waals surface area (Å²) in [4.78, 5) is 11.0. The van der Waals surface area contributed by atoms with E-state index in [1.54, 1.807) is 12.4 Å². The number of nitrogens with zero attached hydrogens (tertiary/aromatic N) is 3. The third kappa shape index (κ3) is 5.23. The fourth-order valence-corrected chi connectivity index (χ4v) is 2.96. The van der Waals surface area contributed by atoms with E-state index in [4.69, 9.17) is 14.2 Å². The van der Waals surface area contributed by atoms with Crippen LogP contribution in [-0.2, 0) is 0 Å². The fourth-order valence-electron chi connectivity index (χ4n) is 2.96. The Kier molecular flexibility index (Phi) is 5.89. The van der Waals surface area contributed by atoms with E-state index in [2.05, 4.69) is 20.2 Å². The molecule has 1 aliphatic carbocycles. The van der Waals surface area contributed by atoms with Gasteiger partial charge in [-0.05, 0) is 30.9 Å². The average molecular weight is 370 g/mol. The van der Waals surface area contributed by atoms with Crippen LogP contribution in [0.4, 0.5) is 5.82 Å². The molecule has 27 heavy (non-hydrogen) atoms. The van der Waals surface area contributed by atoms with E-state index in [9.17, 15) is 0 Å². The maximum Gasteiger partial charge on any atom is 0.257 e. The molecule has 144 valence electrons. The number of anilines is 1. The summed E-state index contributed by atoms with van der Waals surface area (Å²) in [5.74, 6) is 3.74. The monoisotopic (exact) mass is 370 g/mol. The molecule has 2 heterocycles. The number of piperazine rings is 1. The predicted octanol–water partition coefficient (Wildman–Crippen LogP) is 2.13. The van der Waals surface area contributed by atoms with Gasteiger partial charge >= 0.3 is 0 Å². The van der Waals surface area contributed by atoms with Crippen molar-refractivity contribution in [2.45, 2.75) is 12.8 Å². The summed E-state index contributed by atoms with van der Waals surface area (Å²) in [6, 6.07) is 7.77. The molecule has 1 saturated heterocycles. The normalized spacial score (nSPS) is 16.8.